The summed E-state index contributed by atoms with van der Waals surface area (Å²) < 4.78 is 0. The molecule has 2 nitrogen and oxygen atoms in total. The van der Waals surface area contributed by atoms with Gasteiger partial charge in [0.15, 0.2) is 0 Å². The van der Waals surface area contributed by atoms with Crippen molar-refractivity contribution < 1.29 is 5.11 Å². The minimum absolute atomic E-state index is 0.220. The van der Waals surface area contributed by atoms with E-state index >= 15 is 0 Å². The van der Waals surface area contributed by atoms with Crippen LogP contribution in [0.3, 0.4) is 0 Å². The summed E-state index contributed by atoms with van der Waals surface area (Å²) in [6, 6.07) is 0.220. The summed E-state index contributed by atoms with van der Waals surface area (Å²) in [6.45, 7) is 7.60. The molecule has 0 amide bonds. The second-order valence-electron chi connectivity index (χ2n) is 2.94. The average molecular weight is 157 g/mol. The molecule has 0 aliphatic carbocycles. The third-order valence-corrected chi connectivity index (χ3v) is 1.95. The minimum atomic E-state index is -0.280. The lowest BCUT2D eigenvalue weighted by atomic mass is 10.1. The minimum Gasteiger partial charge on any atom is -0.391 e. The predicted octanol–water partition coefficient (Wildman–Crippen LogP) is 1.61. The molecule has 0 aromatic heterocycles. The van der Waals surface area contributed by atoms with Crippen molar-refractivity contribution in [3.05, 3.63) is 12.8 Å². The molecule has 0 spiro atoms. The summed E-state index contributed by atoms with van der Waals surface area (Å²) in [5, 5.41) is 9.36. The van der Waals surface area contributed by atoms with Crippen LogP contribution < -0.4 is 0 Å². The lowest BCUT2D eigenvalue weighted by Gasteiger charge is -2.28. The van der Waals surface area contributed by atoms with E-state index in [0.717, 1.165) is 12.8 Å². The van der Waals surface area contributed by atoms with Crippen LogP contribution in [-0.2, 0) is 0 Å². The second-order valence-corrected chi connectivity index (χ2v) is 2.94. The average Bonchev–Trinajstić information content (AvgIpc) is 1.98. The first-order chi connectivity index (χ1) is 5.13. The van der Waals surface area contributed by atoms with E-state index in [9.17, 15) is 5.11 Å². The Labute approximate surface area is 69.5 Å². The zero-order valence-corrected chi connectivity index (χ0v) is 7.75. The first kappa shape index (κ1) is 10.5. The van der Waals surface area contributed by atoms with Crippen LogP contribution in [0.2, 0.25) is 0 Å². The van der Waals surface area contributed by atoms with Gasteiger partial charge in [-0.15, -0.1) is 0 Å². The van der Waals surface area contributed by atoms with Crippen LogP contribution in [0.4, 0.5) is 0 Å². The summed E-state index contributed by atoms with van der Waals surface area (Å²) in [4.78, 5) is 1.97. The van der Waals surface area contributed by atoms with Crippen molar-refractivity contribution in [2.75, 3.05) is 7.05 Å². The number of rotatable bonds is 5. The Hall–Kier alpha value is -0.500. The Morgan fingerprint density at radius 1 is 1.64 bits per heavy atom. The van der Waals surface area contributed by atoms with Crippen LogP contribution >= 0.6 is 0 Å². The van der Waals surface area contributed by atoms with Gasteiger partial charge in [-0.25, -0.2) is 0 Å². The second kappa shape index (κ2) is 5.19. The Kier molecular flexibility index (Phi) is 4.95. The highest BCUT2D eigenvalue weighted by atomic mass is 16.3. The van der Waals surface area contributed by atoms with E-state index in [2.05, 4.69) is 13.5 Å². The van der Waals surface area contributed by atoms with Gasteiger partial charge in [0.2, 0.25) is 0 Å². The standard InChI is InChI=1S/C9H19NO/c1-5-7-9(8(3)11)10(4)6-2/h6,8-9,11H,2,5,7H2,1,3-4H3. The van der Waals surface area contributed by atoms with E-state index in [1.807, 2.05) is 18.9 Å². The summed E-state index contributed by atoms with van der Waals surface area (Å²) in [7, 11) is 1.94. The molecule has 0 saturated heterocycles. The largest absolute Gasteiger partial charge is 0.391 e. The highest BCUT2D eigenvalue weighted by Crippen LogP contribution is 2.09. The van der Waals surface area contributed by atoms with Crippen molar-refractivity contribution >= 4 is 0 Å². The summed E-state index contributed by atoms with van der Waals surface area (Å²) in [5.41, 5.74) is 0. The van der Waals surface area contributed by atoms with Gasteiger partial charge < -0.3 is 10.0 Å². The number of nitrogens with zero attached hydrogens (tertiary/aromatic N) is 1. The molecule has 2 unspecified atom stereocenters. The fourth-order valence-corrected chi connectivity index (χ4v) is 1.22. The topological polar surface area (TPSA) is 23.5 Å². The molecule has 0 rings (SSSR count). The highest BCUT2D eigenvalue weighted by molar-refractivity contribution is 4.79. The first-order valence-electron chi connectivity index (χ1n) is 4.16. The van der Waals surface area contributed by atoms with Crippen molar-refractivity contribution in [1.82, 2.24) is 4.90 Å². The van der Waals surface area contributed by atoms with Gasteiger partial charge in [0.25, 0.3) is 0 Å². The van der Waals surface area contributed by atoms with Crippen LogP contribution in [-0.4, -0.2) is 29.2 Å². The lowest BCUT2D eigenvalue weighted by molar-refractivity contribution is 0.0947. The molecular weight excluding hydrogens is 138 g/mol. The SMILES string of the molecule is C=CN(C)C(CCC)C(C)O. The van der Waals surface area contributed by atoms with E-state index in [4.69, 9.17) is 0 Å². The van der Waals surface area contributed by atoms with Crippen molar-refractivity contribution in [3.63, 3.8) is 0 Å². The molecule has 66 valence electrons. The smallest absolute Gasteiger partial charge is 0.0714 e. The third-order valence-electron chi connectivity index (χ3n) is 1.95. The molecule has 0 saturated carbocycles. The molecule has 0 aromatic carbocycles. The molecule has 2 heteroatoms. The lowest BCUT2D eigenvalue weighted by Crippen LogP contribution is -2.36. The molecule has 0 bridgehead atoms. The van der Waals surface area contributed by atoms with Crippen molar-refractivity contribution in [1.29, 1.82) is 0 Å². The number of aliphatic hydroxyl groups excluding tert-OH is 1. The molecule has 11 heavy (non-hydrogen) atoms. The maximum atomic E-state index is 9.36. The summed E-state index contributed by atoms with van der Waals surface area (Å²) in [6.07, 6.45) is 3.58. The van der Waals surface area contributed by atoms with Crippen LogP contribution in [0.5, 0.6) is 0 Å². The highest BCUT2D eigenvalue weighted by Gasteiger charge is 2.15. The number of aliphatic hydroxyl groups is 1. The molecule has 0 aromatic rings. The van der Waals surface area contributed by atoms with Gasteiger partial charge in [-0.3, -0.25) is 0 Å². The molecule has 0 fully saturated rings. The quantitative estimate of drug-likeness (QED) is 0.655. The molecule has 0 aliphatic rings. The maximum absolute atomic E-state index is 9.36. The van der Waals surface area contributed by atoms with E-state index < -0.39 is 0 Å². The van der Waals surface area contributed by atoms with Crippen LogP contribution in [0, 0.1) is 0 Å². The van der Waals surface area contributed by atoms with Gasteiger partial charge in [-0.05, 0) is 19.5 Å². The third kappa shape index (κ3) is 3.42. The van der Waals surface area contributed by atoms with Gasteiger partial charge in [-0.2, -0.15) is 0 Å². The predicted molar refractivity (Wildman–Crippen MR) is 48.3 cm³/mol. The fourth-order valence-electron chi connectivity index (χ4n) is 1.22. The van der Waals surface area contributed by atoms with E-state index in [0.29, 0.717) is 0 Å². The van der Waals surface area contributed by atoms with Gasteiger partial charge >= 0.3 is 0 Å². The van der Waals surface area contributed by atoms with Crippen molar-refractivity contribution in [3.8, 4) is 0 Å². The zero-order chi connectivity index (χ0) is 8.85. The summed E-state index contributed by atoms with van der Waals surface area (Å²) >= 11 is 0. The molecular formula is C9H19NO. The Morgan fingerprint density at radius 3 is 2.45 bits per heavy atom. The Balaban J connectivity index is 3.97. The van der Waals surface area contributed by atoms with Gasteiger partial charge in [-0.1, -0.05) is 19.9 Å². The van der Waals surface area contributed by atoms with Crippen molar-refractivity contribution in [2.45, 2.75) is 38.8 Å². The van der Waals surface area contributed by atoms with Gasteiger partial charge in [0.1, 0.15) is 0 Å². The molecule has 0 aliphatic heterocycles. The number of hydrogen-bond acceptors (Lipinski definition) is 2. The number of hydrogen-bond donors (Lipinski definition) is 1. The summed E-state index contributed by atoms with van der Waals surface area (Å²) in [5.74, 6) is 0. The van der Waals surface area contributed by atoms with E-state index in [1.165, 1.54) is 0 Å². The number of likely N-dealkylation sites (N-methyl/N-ethyl adjacent to an activating group) is 1. The van der Waals surface area contributed by atoms with Crippen LogP contribution in [0.1, 0.15) is 26.7 Å². The first-order valence-corrected chi connectivity index (χ1v) is 4.16. The van der Waals surface area contributed by atoms with Crippen LogP contribution in [0.15, 0.2) is 12.8 Å². The maximum Gasteiger partial charge on any atom is 0.0714 e. The molecule has 2 atom stereocenters. The fraction of sp³-hybridized carbons (Fsp3) is 0.778. The Morgan fingerprint density at radius 2 is 2.18 bits per heavy atom. The van der Waals surface area contributed by atoms with E-state index in [-0.39, 0.29) is 12.1 Å². The van der Waals surface area contributed by atoms with Crippen LogP contribution in [0.25, 0.3) is 0 Å². The molecule has 1 N–H and O–H groups in total. The van der Waals surface area contributed by atoms with Gasteiger partial charge in [0, 0.05) is 7.05 Å². The monoisotopic (exact) mass is 157 g/mol. The normalized spacial score (nSPS) is 15.6. The van der Waals surface area contributed by atoms with Crippen molar-refractivity contribution in [2.24, 2.45) is 0 Å². The molecule has 0 heterocycles. The molecule has 0 radical (unpaired) electrons. The Bertz CT molecular complexity index is 112. The van der Waals surface area contributed by atoms with E-state index in [1.54, 1.807) is 6.20 Å². The van der Waals surface area contributed by atoms with Gasteiger partial charge in [0.05, 0.1) is 12.1 Å². The zero-order valence-electron chi connectivity index (χ0n) is 7.75.